The number of halogens is 1. The first kappa shape index (κ1) is 21.8. The maximum atomic E-state index is 12.7. The summed E-state index contributed by atoms with van der Waals surface area (Å²) in [6.45, 7) is 6.44. The van der Waals surface area contributed by atoms with Crippen LogP contribution in [-0.2, 0) is 14.3 Å². The first-order valence-corrected chi connectivity index (χ1v) is 10.3. The third-order valence-corrected chi connectivity index (χ3v) is 5.37. The maximum absolute atomic E-state index is 12.7. The van der Waals surface area contributed by atoms with Gasteiger partial charge < -0.3 is 15.0 Å². The third kappa shape index (κ3) is 5.00. The van der Waals surface area contributed by atoms with Crippen molar-refractivity contribution in [3.05, 3.63) is 58.6 Å². The molecule has 1 aliphatic heterocycles. The van der Waals surface area contributed by atoms with Gasteiger partial charge in [-0.3, -0.25) is 9.59 Å². The average Bonchev–Trinajstić information content (AvgIpc) is 3.10. The number of carbonyl (C=O) groups is 3. The summed E-state index contributed by atoms with van der Waals surface area (Å²) in [4.78, 5) is 38.8. The third-order valence-electron chi connectivity index (χ3n) is 4.96. The molecule has 0 saturated carbocycles. The van der Waals surface area contributed by atoms with Crippen molar-refractivity contribution in [1.82, 2.24) is 0 Å². The Morgan fingerprint density at radius 2 is 1.90 bits per heavy atom. The van der Waals surface area contributed by atoms with Crippen molar-refractivity contribution in [2.24, 2.45) is 11.8 Å². The average molecular weight is 429 g/mol. The van der Waals surface area contributed by atoms with Crippen molar-refractivity contribution in [3.8, 4) is 0 Å². The number of esters is 1. The molecule has 30 heavy (non-hydrogen) atoms. The summed E-state index contributed by atoms with van der Waals surface area (Å²) in [6.07, 6.45) is 0.136. The Kier molecular flexibility index (Phi) is 6.77. The van der Waals surface area contributed by atoms with Crippen LogP contribution < -0.4 is 10.2 Å². The van der Waals surface area contributed by atoms with Gasteiger partial charge >= 0.3 is 5.97 Å². The number of amides is 2. The Morgan fingerprint density at radius 1 is 1.20 bits per heavy atom. The largest absolute Gasteiger partial charge is 0.462 e. The van der Waals surface area contributed by atoms with Gasteiger partial charge in [-0.15, -0.1) is 0 Å². The van der Waals surface area contributed by atoms with Gasteiger partial charge in [-0.25, -0.2) is 4.79 Å². The molecule has 0 aliphatic carbocycles. The standard InChI is InChI=1S/C23H25ClN2O4/c1-14(2)13-30-23(29)16-7-9-18(10-8-16)25-22(28)17-11-21(27)26(12-17)20-6-4-5-19(24)15(20)3/h4-10,14,17H,11-13H2,1-3H3,(H,25,28)/t17-/m1/s1. The van der Waals surface area contributed by atoms with Crippen LogP contribution >= 0.6 is 11.6 Å². The molecule has 158 valence electrons. The SMILES string of the molecule is Cc1c(Cl)cccc1N1C[C@H](C(=O)Nc2ccc(C(=O)OCC(C)C)cc2)CC1=O. The van der Waals surface area contributed by atoms with Gasteiger partial charge in [-0.1, -0.05) is 31.5 Å². The van der Waals surface area contributed by atoms with E-state index in [1.807, 2.05) is 26.8 Å². The van der Waals surface area contributed by atoms with Crippen LogP contribution in [0.15, 0.2) is 42.5 Å². The number of anilines is 2. The van der Waals surface area contributed by atoms with E-state index in [1.54, 1.807) is 41.3 Å². The van der Waals surface area contributed by atoms with E-state index in [-0.39, 0.29) is 24.2 Å². The van der Waals surface area contributed by atoms with E-state index in [0.717, 1.165) is 11.3 Å². The molecular formula is C23H25ClN2O4. The second kappa shape index (κ2) is 9.30. The maximum Gasteiger partial charge on any atom is 0.338 e. The van der Waals surface area contributed by atoms with E-state index in [0.29, 0.717) is 29.4 Å². The van der Waals surface area contributed by atoms with E-state index in [9.17, 15) is 14.4 Å². The Bertz CT molecular complexity index is 956. The highest BCUT2D eigenvalue weighted by molar-refractivity contribution is 6.31. The van der Waals surface area contributed by atoms with Gasteiger partial charge in [0.15, 0.2) is 0 Å². The van der Waals surface area contributed by atoms with Crippen LogP contribution in [0.5, 0.6) is 0 Å². The second-order valence-electron chi connectivity index (χ2n) is 7.85. The fraction of sp³-hybridized carbons (Fsp3) is 0.348. The smallest absolute Gasteiger partial charge is 0.338 e. The molecular weight excluding hydrogens is 404 g/mol. The molecule has 1 aliphatic rings. The van der Waals surface area contributed by atoms with Gasteiger partial charge in [0.1, 0.15) is 0 Å². The first-order valence-electron chi connectivity index (χ1n) is 9.89. The summed E-state index contributed by atoms with van der Waals surface area (Å²) in [7, 11) is 0. The second-order valence-corrected chi connectivity index (χ2v) is 8.26. The highest BCUT2D eigenvalue weighted by Crippen LogP contribution is 2.31. The van der Waals surface area contributed by atoms with E-state index in [4.69, 9.17) is 16.3 Å². The molecule has 2 aromatic carbocycles. The lowest BCUT2D eigenvalue weighted by atomic mass is 10.1. The van der Waals surface area contributed by atoms with Crippen molar-refractivity contribution in [1.29, 1.82) is 0 Å². The summed E-state index contributed by atoms with van der Waals surface area (Å²) in [5.74, 6) is -0.941. The summed E-state index contributed by atoms with van der Waals surface area (Å²) in [5, 5.41) is 3.41. The molecule has 1 N–H and O–H groups in total. The van der Waals surface area contributed by atoms with Gasteiger partial charge in [0, 0.05) is 29.4 Å². The van der Waals surface area contributed by atoms with Crippen LogP contribution in [-0.4, -0.2) is 30.9 Å². The van der Waals surface area contributed by atoms with E-state index >= 15 is 0 Å². The Hall–Kier alpha value is -2.86. The van der Waals surface area contributed by atoms with Crippen LogP contribution in [0.2, 0.25) is 5.02 Å². The molecule has 1 atom stereocenters. The van der Waals surface area contributed by atoms with Gasteiger partial charge in [-0.2, -0.15) is 0 Å². The minimum Gasteiger partial charge on any atom is -0.462 e. The number of hydrogen-bond donors (Lipinski definition) is 1. The topological polar surface area (TPSA) is 75.7 Å². The van der Waals surface area contributed by atoms with Crippen LogP contribution in [0, 0.1) is 18.8 Å². The summed E-state index contributed by atoms with van der Waals surface area (Å²) < 4.78 is 5.20. The van der Waals surface area contributed by atoms with E-state index in [2.05, 4.69) is 5.32 Å². The van der Waals surface area contributed by atoms with Crippen LogP contribution in [0.3, 0.4) is 0 Å². The quantitative estimate of drug-likeness (QED) is 0.689. The van der Waals surface area contributed by atoms with Gasteiger partial charge in [0.05, 0.1) is 18.1 Å². The number of nitrogens with zero attached hydrogens (tertiary/aromatic N) is 1. The molecule has 0 spiro atoms. The molecule has 0 aromatic heterocycles. The van der Waals surface area contributed by atoms with Crippen LogP contribution in [0.25, 0.3) is 0 Å². The summed E-state index contributed by atoms with van der Waals surface area (Å²) in [5.41, 5.74) is 2.53. The van der Waals surface area contributed by atoms with Gasteiger partial charge in [0.2, 0.25) is 11.8 Å². The summed E-state index contributed by atoms with van der Waals surface area (Å²) >= 11 is 6.17. The lowest BCUT2D eigenvalue weighted by Gasteiger charge is -2.19. The molecule has 1 heterocycles. The molecule has 3 rings (SSSR count). The number of nitrogens with one attached hydrogen (secondary N) is 1. The molecule has 0 bridgehead atoms. The van der Waals surface area contributed by atoms with Crippen molar-refractivity contribution < 1.29 is 19.1 Å². The monoisotopic (exact) mass is 428 g/mol. The highest BCUT2D eigenvalue weighted by Gasteiger charge is 2.35. The molecule has 6 nitrogen and oxygen atoms in total. The zero-order chi connectivity index (χ0) is 21.8. The van der Waals surface area contributed by atoms with Gasteiger partial charge in [0.25, 0.3) is 0 Å². The number of hydrogen-bond acceptors (Lipinski definition) is 4. The number of rotatable bonds is 6. The lowest BCUT2D eigenvalue weighted by molar-refractivity contribution is -0.122. The van der Waals surface area contributed by atoms with Crippen molar-refractivity contribution >= 4 is 40.8 Å². The van der Waals surface area contributed by atoms with Crippen molar-refractivity contribution in [2.75, 3.05) is 23.4 Å². The Morgan fingerprint density at radius 3 is 2.57 bits per heavy atom. The molecule has 0 radical (unpaired) electrons. The molecule has 2 aromatic rings. The minimum atomic E-state index is -0.466. The molecule has 7 heteroatoms. The first-order chi connectivity index (χ1) is 14.3. The number of carbonyl (C=O) groups excluding carboxylic acids is 3. The molecule has 2 amide bonds. The normalized spacial score (nSPS) is 16.1. The Labute approximate surface area is 181 Å². The van der Waals surface area contributed by atoms with E-state index < -0.39 is 11.9 Å². The fourth-order valence-corrected chi connectivity index (χ4v) is 3.43. The predicted octanol–water partition coefficient (Wildman–Crippen LogP) is 4.45. The fourth-order valence-electron chi connectivity index (χ4n) is 3.26. The van der Waals surface area contributed by atoms with Crippen LogP contribution in [0.4, 0.5) is 11.4 Å². The van der Waals surface area contributed by atoms with E-state index in [1.165, 1.54) is 0 Å². The Balaban J connectivity index is 1.62. The van der Waals surface area contributed by atoms with Crippen molar-refractivity contribution in [3.63, 3.8) is 0 Å². The molecule has 1 saturated heterocycles. The summed E-state index contributed by atoms with van der Waals surface area (Å²) in [6, 6.07) is 11.9. The zero-order valence-corrected chi connectivity index (χ0v) is 18.0. The lowest BCUT2D eigenvalue weighted by Crippen LogP contribution is -2.28. The van der Waals surface area contributed by atoms with Crippen molar-refractivity contribution in [2.45, 2.75) is 27.2 Å². The number of benzene rings is 2. The van der Waals surface area contributed by atoms with Crippen LogP contribution in [0.1, 0.15) is 36.2 Å². The van der Waals surface area contributed by atoms with Gasteiger partial charge in [-0.05, 0) is 54.8 Å². The zero-order valence-electron chi connectivity index (χ0n) is 17.3. The highest BCUT2D eigenvalue weighted by atomic mass is 35.5. The molecule has 1 fully saturated rings. The molecule has 0 unspecified atom stereocenters. The predicted molar refractivity (Wildman–Crippen MR) is 117 cm³/mol. The number of ether oxygens (including phenoxy) is 1. The minimum absolute atomic E-state index is 0.108.